The van der Waals surface area contributed by atoms with Crippen molar-refractivity contribution in [2.75, 3.05) is 26.3 Å². The highest BCUT2D eigenvalue weighted by atomic mass is 35.5. The fraction of sp³-hybridized carbons (Fsp3) is 0.500. The van der Waals surface area contributed by atoms with Crippen LogP contribution in [0.3, 0.4) is 0 Å². The van der Waals surface area contributed by atoms with Gasteiger partial charge < -0.3 is 34.8 Å². The van der Waals surface area contributed by atoms with Crippen LogP contribution in [0.15, 0.2) is 54.6 Å². The zero-order chi connectivity index (χ0) is 29.0. The second-order valence-corrected chi connectivity index (χ2v) is 12.1. The van der Waals surface area contributed by atoms with Crippen LogP contribution in [-0.2, 0) is 36.2 Å². The highest BCUT2D eigenvalue weighted by Crippen LogP contribution is 2.53. The van der Waals surface area contributed by atoms with Gasteiger partial charge in [0.2, 0.25) is 5.91 Å². The molecule has 2 aromatic carbocycles. The predicted octanol–water partition coefficient (Wildman–Crippen LogP) is 4.25. The summed E-state index contributed by atoms with van der Waals surface area (Å²) in [5.74, 6) is -2.01. The van der Waals surface area contributed by atoms with Crippen molar-refractivity contribution < 1.29 is 33.0 Å². The van der Waals surface area contributed by atoms with Gasteiger partial charge in [-0.3, -0.25) is 9.36 Å². The summed E-state index contributed by atoms with van der Waals surface area (Å²) in [5, 5.41) is 20.7. The van der Waals surface area contributed by atoms with Crippen LogP contribution in [0.2, 0.25) is 5.02 Å². The maximum absolute atomic E-state index is 13.4. The van der Waals surface area contributed by atoms with Crippen LogP contribution in [0.25, 0.3) is 0 Å². The Morgan fingerprint density at radius 3 is 2.45 bits per heavy atom. The second kappa shape index (κ2) is 16.1. The van der Waals surface area contributed by atoms with Crippen molar-refractivity contribution in [2.45, 2.75) is 57.6 Å². The molecule has 40 heavy (non-hydrogen) atoms. The molecule has 0 spiro atoms. The first-order valence-corrected chi connectivity index (χ1v) is 15.5. The third-order valence-corrected chi connectivity index (χ3v) is 9.01. The minimum absolute atomic E-state index is 0.0436. The van der Waals surface area contributed by atoms with Crippen LogP contribution in [-0.4, -0.2) is 61.3 Å². The molecule has 2 aromatic rings. The number of ether oxygens (including phenoxy) is 1. The summed E-state index contributed by atoms with van der Waals surface area (Å²) < 4.78 is 29.6. The molecule has 1 aliphatic heterocycles. The molecule has 1 saturated heterocycles. The lowest BCUT2D eigenvalue weighted by Crippen LogP contribution is -2.50. The largest absolute Gasteiger partial charge is 0.445 e. The van der Waals surface area contributed by atoms with Gasteiger partial charge in [0.25, 0.3) is 0 Å². The molecule has 4 N–H and O–H groups in total. The standard InChI is InChI=1S/C28H39ClN3O7P/c1-3-38-40(36,39-4-2)27(34)25(17-22-13-14-30-26(22)33)31-18-24(16-20-9-6-5-7-10-20)32-28(35)37-19-21-11-8-12-23(29)15-21/h5-12,15,22,24-25,27,31,34H,3-4,13-14,16-19H2,1-2H3,(H,30,33)(H,32,35)/t22?,24-,25-,27?/m0/s1. The summed E-state index contributed by atoms with van der Waals surface area (Å²) in [6.07, 6.45) is 0.651. The molecular weight excluding hydrogens is 557 g/mol. The third kappa shape index (κ3) is 9.87. The molecule has 1 heterocycles. The van der Waals surface area contributed by atoms with Crippen molar-refractivity contribution >= 4 is 31.2 Å². The molecule has 1 fully saturated rings. The van der Waals surface area contributed by atoms with Gasteiger partial charge in [-0.1, -0.05) is 54.1 Å². The molecule has 0 saturated carbocycles. The highest BCUT2D eigenvalue weighted by molar-refractivity contribution is 7.54. The smallest absolute Gasteiger partial charge is 0.407 e. The van der Waals surface area contributed by atoms with E-state index >= 15 is 0 Å². The number of hydrogen-bond donors (Lipinski definition) is 4. The zero-order valence-electron chi connectivity index (χ0n) is 22.9. The van der Waals surface area contributed by atoms with Crippen LogP contribution in [0, 0.1) is 5.92 Å². The molecule has 0 aromatic heterocycles. The fourth-order valence-corrected chi connectivity index (χ4v) is 6.59. The Balaban J connectivity index is 1.74. The zero-order valence-corrected chi connectivity index (χ0v) is 24.5. The first-order valence-electron chi connectivity index (χ1n) is 13.5. The van der Waals surface area contributed by atoms with Gasteiger partial charge in [-0.15, -0.1) is 0 Å². The van der Waals surface area contributed by atoms with Crippen LogP contribution in [0.1, 0.15) is 37.8 Å². The van der Waals surface area contributed by atoms with Gasteiger partial charge >= 0.3 is 13.7 Å². The Morgan fingerprint density at radius 1 is 1.12 bits per heavy atom. The Kier molecular flexibility index (Phi) is 12.9. The average molecular weight is 596 g/mol. The molecule has 1 aliphatic rings. The monoisotopic (exact) mass is 595 g/mol. The molecule has 2 unspecified atom stereocenters. The Labute approximate surface area is 240 Å². The number of carbonyl (C=O) groups is 2. The summed E-state index contributed by atoms with van der Waals surface area (Å²) in [6.45, 7) is 4.28. The van der Waals surface area contributed by atoms with Crippen LogP contribution in [0.5, 0.6) is 0 Å². The number of benzene rings is 2. The molecule has 0 bridgehead atoms. The summed E-state index contributed by atoms with van der Waals surface area (Å²) in [7, 11) is -3.91. The SMILES string of the molecule is CCOP(=O)(OCC)C(O)[C@H](CC1CCNC1=O)NC[C@H](Cc1ccccc1)NC(=O)OCc1cccc(Cl)c1. The highest BCUT2D eigenvalue weighted by Gasteiger charge is 2.42. The van der Waals surface area contributed by atoms with Gasteiger partial charge in [-0.25, -0.2) is 4.79 Å². The van der Waals surface area contributed by atoms with E-state index in [0.29, 0.717) is 24.4 Å². The molecule has 10 nitrogen and oxygen atoms in total. The Morgan fingerprint density at radius 2 is 1.82 bits per heavy atom. The molecule has 0 aliphatic carbocycles. The lowest BCUT2D eigenvalue weighted by molar-refractivity contribution is -0.122. The van der Waals surface area contributed by atoms with E-state index in [1.165, 1.54) is 0 Å². The summed E-state index contributed by atoms with van der Waals surface area (Å²) in [6, 6.07) is 15.4. The minimum Gasteiger partial charge on any atom is -0.445 e. The molecule has 2 amide bonds. The number of nitrogens with one attached hydrogen (secondary N) is 3. The van der Waals surface area contributed by atoms with Crippen molar-refractivity contribution in [1.29, 1.82) is 0 Å². The van der Waals surface area contributed by atoms with Crippen molar-refractivity contribution in [3.05, 3.63) is 70.7 Å². The number of amides is 2. The van der Waals surface area contributed by atoms with Crippen molar-refractivity contribution in [2.24, 2.45) is 5.92 Å². The van der Waals surface area contributed by atoms with Gasteiger partial charge in [0, 0.05) is 36.1 Å². The van der Waals surface area contributed by atoms with E-state index in [1.807, 2.05) is 36.4 Å². The molecule has 0 radical (unpaired) electrons. The summed E-state index contributed by atoms with van der Waals surface area (Å²) in [4.78, 5) is 25.1. The molecule has 12 heteroatoms. The van der Waals surface area contributed by atoms with E-state index < -0.39 is 31.6 Å². The van der Waals surface area contributed by atoms with Crippen LogP contribution in [0.4, 0.5) is 4.79 Å². The number of rotatable bonds is 16. The second-order valence-electron chi connectivity index (χ2n) is 9.55. The predicted molar refractivity (Wildman–Crippen MR) is 153 cm³/mol. The maximum Gasteiger partial charge on any atom is 0.407 e. The summed E-state index contributed by atoms with van der Waals surface area (Å²) >= 11 is 6.02. The Hall–Kier alpha value is -2.46. The normalized spacial score (nSPS) is 17.6. The van der Waals surface area contributed by atoms with E-state index in [4.69, 9.17) is 25.4 Å². The van der Waals surface area contributed by atoms with E-state index in [1.54, 1.807) is 32.0 Å². The Bertz CT molecular complexity index is 1130. The van der Waals surface area contributed by atoms with Gasteiger partial charge in [-0.05, 0) is 56.4 Å². The van der Waals surface area contributed by atoms with Gasteiger partial charge in [-0.2, -0.15) is 0 Å². The van der Waals surface area contributed by atoms with Gasteiger partial charge in [0.1, 0.15) is 6.61 Å². The number of hydrogen-bond acceptors (Lipinski definition) is 8. The molecule has 3 rings (SSSR count). The topological polar surface area (TPSA) is 135 Å². The lowest BCUT2D eigenvalue weighted by Gasteiger charge is -2.32. The number of aliphatic hydroxyl groups excluding tert-OH is 1. The quantitative estimate of drug-likeness (QED) is 0.212. The van der Waals surface area contributed by atoms with Gasteiger partial charge in [0.15, 0.2) is 5.85 Å². The third-order valence-electron chi connectivity index (χ3n) is 6.54. The van der Waals surface area contributed by atoms with Crippen molar-refractivity contribution in [1.82, 2.24) is 16.0 Å². The number of aliphatic hydroxyl groups is 1. The van der Waals surface area contributed by atoms with Crippen LogP contribution >= 0.6 is 19.2 Å². The van der Waals surface area contributed by atoms with Crippen molar-refractivity contribution in [3.8, 4) is 0 Å². The van der Waals surface area contributed by atoms with E-state index in [-0.39, 0.29) is 44.6 Å². The first kappa shape index (κ1) is 32.1. The molecule has 220 valence electrons. The number of halogens is 1. The maximum atomic E-state index is 13.4. The van der Waals surface area contributed by atoms with E-state index in [0.717, 1.165) is 11.1 Å². The number of carbonyl (C=O) groups excluding carboxylic acids is 2. The molecule has 4 atom stereocenters. The van der Waals surface area contributed by atoms with Gasteiger partial charge in [0.05, 0.1) is 13.2 Å². The fourth-order valence-electron chi connectivity index (χ4n) is 4.61. The molecular formula is C28H39ClN3O7P. The average Bonchev–Trinajstić information content (AvgIpc) is 3.34. The van der Waals surface area contributed by atoms with Crippen molar-refractivity contribution in [3.63, 3.8) is 0 Å². The summed E-state index contributed by atoms with van der Waals surface area (Å²) in [5.41, 5.74) is 1.73. The van der Waals surface area contributed by atoms with E-state index in [9.17, 15) is 19.3 Å². The first-order chi connectivity index (χ1) is 19.2. The van der Waals surface area contributed by atoms with Crippen LogP contribution < -0.4 is 16.0 Å². The van der Waals surface area contributed by atoms with E-state index in [2.05, 4.69) is 16.0 Å². The minimum atomic E-state index is -3.91. The number of alkyl carbamates (subject to hydrolysis) is 1. The lowest BCUT2D eigenvalue weighted by atomic mass is 9.98.